The van der Waals surface area contributed by atoms with E-state index in [4.69, 9.17) is 9.47 Å². The van der Waals surface area contributed by atoms with E-state index >= 15 is 0 Å². The van der Waals surface area contributed by atoms with Gasteiger partial charge in [0.1, 0.15) is 17.2 Å². The van der Waals surface area contributed by atoms with E-state index in [1.54, 1.807) is 18.9 Å². The van der Waals surface area contributed by atoms with E-state index in [1.807, 2.05) is 74.1 Å². The molecule has 0 spiro atoms. The maximum atomic E-state index is 12.7. The molecule has 10 heteroatoms. The number of benzene rings is 2. The first-order valence-corrected chi connectivity index (χ1v) is 12.1. The van der Waals surface area contributed by atoms with Crippen LogP contribution in [-0.4, -0.2) is 50.4 Å². The summed E-state index contributed by atoms with van der Waals surface area (Å²) in [6.07, 6.45) is 1.93. The van der Waals surface area contributed by atoms with Crippen molar-refractivity contribution in [1.82, 2.24) is 24.5 Å². The number of thioether (sulfide) groups is 1. The zero-order valence-electron chi connectivity index (χ0n) is 20.4. The van der Waals surface area contributed by atoms with Crippen LogP contribution in [0, 0.1) is 6.92 Å². The molecule has 2 aromatic carbocycles. The standard InChI is InChI=1S/C25H28N6O3S/c1-6-31-24(19-14-30(3)29-23(19)17-8-7-9-18(13-17)33-4)27-28-25(31)35-15-22(32)26-20-12-16(2)10-11-21(20)34-5/h7-14H,6,15H2,1-5H3,(H,26,32). The van der Waals surface area contributed by atoms with Gasteiger partial charge in [0.2, 0.25) is 5.91 Å². The third-order valence-electron chi connectivity index (χ3n) is 5.41. The van der Waals surface area contributed by atoms with E-state index in [0.29, 0.717) is 29.0 Å². The number of hydrogen-bond acceptors (Lipinski definition) is 7. The van der Waals surface area contributed by atoms with Crippen molar-refractivity contribution >= 4 is 23.4 Å². The Balaban J connectivity index is 1.56. The van der Waals surface area contributed by atoms with Gasteiger partial charge >= 0.3 is 0 Å². The van der Waals surface area contributed by atoms with Crippen molar-refractivity contribution < 1.29 is 14.3 Å². The Hall–Kier alpha value is -3.79. The van der Waals surface area contributed by atoms with E-state index in [-0.39, 0.29) is 11.7 Å². The highest BCUT2D eigenvalue weighted by Crippen LogP contribution is 2.33. The monoisotopic (exact) mass is 492 g/mol. The minimum atomic E-state index is -0.149. The number of rotatable bonds is 9. The van der Waals surface area contributed by atoms with E-state index in [2.05, 4.69) is 20.6 Å². The van der Waals surface area contributed by atoms with Crippen LogP contribution in [0.4, 0.5) is 5.69 Å². The minimum absolute atomic E-state index is 0.149. The Morgan fingerprint density at radius 1 is 1.11 bits per heavy atom. The first-order valence-electron chi connectivity index (χ1n) is 11.1. The molecule has 0 saturated carbocycles. The fraction of sp³-hybridized carbons (Fsp3) is 0.280. The summed E-state index contributed by atoms with van der Waals surface area (Å²) < 4.78 is 14.5. The number of aromatic nitrogens is 5. The zero-order valence-corrected chi connectivity index (χ0v) is 21.2. The number of nitrogens with zero attached hydrogens (tertiary/aromatic N) is 5. The molecule has 0 atom stereocenters. The number of nitrogens with one attached hydrogen (secondary N) is 1. The lowest BCUT2D eigenvalue weighted by Crippen LogP contribution is -2.15. The van der Waals surface area contributed by atoms with Crippen LogP contribution in [0.15, 0.2) is 53.8 Å². The number of anilines is 1. The van der Waals surface area contributed by atoms with Crippen LogP contribution in [0.2, 0.25) is 0 Å². The van der Waals surface area contributed by atoms with Crippen molar-refractivity contribution in [1.29, 1.82) is 0 Å². The van der Waals surface area contributed by atoms with Crippen molar-refractivity contribution in [2.75, 3.05) is 25.3 Å². The van der Waals surface area contributed by atoms with Crippen molar-refractivity contribution in [3.8, 4) is 34.1 Å². The van der Waals surface area contributed by atoms with Gasteiger partial charge in [-0.25, -0.2) is 0 Å². The molecular weight excluding hydrogens is 464 g/mol. The molecule has 0 aliphatic heterocycles. The number of amides is 1. The Bertz CT molecular complexity index is 1350. The van der Waals surface area contributed by atoms with E-state index < -0.39 is 0 Å². The molecule has 0 radical (unpaired) electrons. The molecule has 4 aromatic rings. The molecule has 182 valence electrons. The van der Waals surface area contributed by atoms with Crippen LogP contribution in [0.1, 0.15) is 12.5 Å². The van der Waals surface area contributed by atoms with Gasteiger partial charge in [0.05, 0.1) is 31.2 Å². The molecule has 2 aromatic heterocycles. The molecule has 0 aliphatic rings. The van der Waals surface area contributed by atoms with Crippen molar-refractivity contribution in [2.45, 2.75) is 25.5 Å². The van der Waals surface area contributed by atoms with Gasteiger partial charge in [-0.1, -0.05) is 30.0 Å². The summed E-state index contributed by atoms with van der Waals surface area (Å²) in [5, 5.41) is 17.1. The van der Waals surface area contributed by atoms with E-state index in [1.165, 1.54) is 11.8 Å². The number of carbonyl (C=O) groups is 1. The molecule has 4 rings (SSSR count). The topological polar surface area (TPSA) is 96.1 Å². The smallest absolute Gasteiger partial charge is 0.234 e. The summed E-state index contributed by atoms with van der Waals surface area (Å²) in [7, 11) is 5.10. The maximum absolute atomic E-state index is 12.7. The summed E-state index contributed by atoms with van der Waals surface area (Å²) in [5.41, 5.74) is 4.25. The number of hydrogen-bond donors (Lipinski definition) is 1. The Morgan fingerprint density at radius 3 is 2.69 bits per heavy atom. The molecule has 0 saturated heterocycles. The highest BCUT2D eigenvalue weighted by molar-refractivity contribution is 7.99. The summed E-state index contributed by atoms with van der Waals surface area (Å²) in [4.78, 5) is 12.7. The highest BCUT2D eigenvalue weighted by atomic mass is 32.2. The van der Waals surface area contributed by atoms with Gasteiger partial charge in [-0.3, -0.25) is 9.48 Å². The lowest BCUT2D eigenvalue weighted by molar-refractivity contribution is -0.113. The molecule has 1 amide bonds. The maximum Gasteiger partial charge on any atom is 0.234 e. The first-order chi connectivity index (χ1) is 16.9. The molecular formula is C25H28N6O3S. The number of aryl methyl sites for hydroxylation is 2. The van der Waals surface area contributed by atoms with Crippen LogP contribution in [0.5, 0.6) is 11.5 Å². The molecule has 9 nitrogen and oxygen atoms in total. The number of methoxy groups -OCH3 is 2. The molecule has 0 aliphatic carbocycles. The summed E-state index contributed by atoms with van der Waals surface area (Å²) in [6.45, 7) is 4.63. The predicted octanol–water partition coefficient (Wildman–Crippen LogP) is 4.42. The van der Waals surface area contributed by atoms with Crippen molar-refractivity contribution in [3.63, 3.8) is 0 Å². The summed E-state index contributed by atoms with van der Waals surface area (Å²) >= 11 is 1.34. The van der Waals surface area contributed by atoms with Crippen molar-refractivity contribution in [3.05, 3.63) is 54.2 Å². The second kappa shape index (κ2) is 10.6. The fourth-order valence-corrected chi connectivity index (χ4v) is 4.55. The summed E-state index contributed by atoms with van der Waals surface area (Å²) in [6, 6.07) is 13.4. The average Bonchev–Trinajstić information content (AvgIpc) is 3.45. The van der Waals surface area contributed by atoms with Crippen LogP contribution < -0.4 is 14.8 Å². The van der Waals surface area contributed by atoms with Crippen LogP contribution in [0.25, 0.3) is 22.6 Å². The third kappa shape index (κ3) is 5.32. The molecule has 1 N–H and O–H groups in total. The molecule has 0 fully saturated rings. The Labute approximate surface area is 208 Å². The van der Waals surface area contributed by atoms with Crippen molar-refractivity contribution in [2.24, 2.45) is 7.05 Å². The van der Waals surface area contributed by atoms with E-state index in [9.17, 15) is 4.79 Å². The first kappa shape index (κ1) is 24.3. The Morgan fingerprint density at radius 2 is 1.94 bits per heavy atom. The van der Waals surface area contributed by atoms with Gasteiger partial charge in [0.25, 0.3) is 0 Å². The molecule has 0 unspecified atom stereocenters. The van der Waals surface area contributed by atoms with Crippen LogP contribution in [-0.2, 0) is 18.4 Å². The third-order valence-corrected chi connectivity index (χ3v) is 6.37. The molecule has 35 heavy (non-hydrogen) atoms. The quantitative estimate of drug-likeness (QED) is 0.346. The second-order valence-corrected chi connectivity index (χ2v) is 8.83. The lowest BCUT2D eigenvalue weighted by atomic mass is 10.1. The zero-order chi connectivity index (χ0) is 24.9. The number of carbonyl (C=O) groups excluding carboxylic acids is 1. The SMILES string of the molecule is CCn1c(SCC(=O)Nc2cc(C)ccc2OC)nnc1-c1cn(C)nc1-c1cccc(OC)c1. The van der Waals surface area contributed by atoms with Gasteiger partial charge in [0.15, 0.2) is 11.0 Å². The van der Waals surface area contributed by atoms with Gasteiger partial charge in [-0.2, -0.15) is 5.10 Å². The highest BCUT2D eigenvalue weighted by Gasteiger charge is 2.21. The average molecular weight is 493 g/mol. The predicted molar refractivity (Wildman–Crippen MR) is 137 cm³/mol. The van der Waals surface area contributed by atoms with E-state index in [0.717, 1.165) is 28.1 Å². The largest absolute Gasteiger partial charge is 0.497 e. The van der Waals surface area contributed by atoms with Crippen LogP contribution >= 0.6 is 11.8 Å². The van der Waals surface area contributed by atoms with Gasteiger partial charge < -0.3 is 19.4 Å². The number of ether oxygens (including phenoxy) is 2. The second-order valence-electron chi connectivity index (χ2n) is 7.89. The lowest BCUT2D eigenvalue weighted by Gasteiger charge is -2.11. The van der Waals surface area contributed by atoms with Gasteiger partial charge in [-0.15, -0.1) is 10.2 Å². The van der Waals surface area contributed by atoms with Crippen LogP contribution in [0.3, 0.4) is 0 Å². The van der Waals surface area contributed by atoms with Gasteiger partial charge in [-0.05, 0) is 43.7 Å². The Kier molecular flexibility index (Phi) is 7.40. The molecule has 0 bridgehead atoms. The minimum Gasteiger partial charge on any atom is -0.497 e. The van der Waals surface area contributed by atoms with Gasteiger partial charge in [0, 0.05) is 25.4 Å². The molecule has 2 heterocycles. The normalized spacial score (nSPS) is 10.9. The summed E-state index contributed by atoms with van der Waals surface area (Å²) in [5.74, 6) is 2.11. The fourth-order valence-electron chi connectivity index (χ4n) is 3.75.